The van der Waals surface area contributed by atoms with Crippen molar-refractivity contribution < 1.29 is 33.3 Å². The highest BCUT2D eigenvalue weighted by Gasteiger charge is 2.36. The summed E-state index contributed by atoms with van der Waals surface area (Å²) in [5.74, 6) is 1.21. The van der Waals surface area contributed by atoms with Gasteiger partial charge in [-0.1, -0.05) is 32.0 Å². The molecule has 0 aromatic heterocycles. The number of hydrogen-bond donors (Lipinski definition) is 1. The van der Waals surface area contributed by atoms with E-state index in [1.165, 1.54) is 25.9 Å². The third-order valence-electron chi connectivity index (χ3n) is 6.60. The topological polar surface area (TPSA) is 103 Å². The highest BCUT2D eigenvalue weighted by Crippen LogP contribution is 2.30. The largest absolute Gasteiger partial charge is 0.497 e. The molecule has 0 aliphatic carbocycles. The molecular weight excluding hydrogens is 512 g/mol. The van der Waals surface area contributed by atoms with Crippen LogP contribution in [0.25, 0.3) is 6.08 Å². The van der Waals surface area contributed by atoms with Crippen LogP contribution < -0.4 is 29.2 Å². The van der Waals surface area contributed by atoms with Crippen molar-refractivity contribution in [3.8, 4) is 23.0 Å². The van der Waals surface area contributed by atoms with E-state index in [4.69, 9.17) is 18.9 Å². The fourth-order valence-corrected chi connectivity index (χ4v) is 4.12. The molecule has 4 amide bonds. The molecule has 3 aromatic carbocycles. The predicted molar refractivity (Wildman–Crippen MR) is 151 cm³/mol. The van der Waals surface area contributed by atoms with Crippen molar-refractivity contribution in [1.82, 2.24) is 5.32 Å². The molecule has 0 spiro atoms. The second kappa shape index (κ2) is 12.8. The second-order valence-electron chi connectivity index (χ2n) is 9.14. The maximum atomic E-state index is 13.2. The minimum absolute atomic E-state index is 0.195. The van der Waals surface area contributed by atoms with Gasteiger partial charge in [-0.2, -0.15) is 0 Å². The molecule has 1 aliphatic rings. The van der Waals surface area contributed by atoms with Crippen molar-refractivity contribution in [2.24, 2.45) is 0 Å². The Hall–Kier alpha value is -4.79. The van der Waals surface area contributed by atoms with Gasteiger partial charge in [-0.05, 0) is 78.1 Å². The first kappa shape index (κ1) is 28.2. The van der Waals surface area contributed by atoms with Gasteiger partial charge in [-0.25, -0.2) is 9.69 Å². The summed E-state index contributed by atoms with van der Waals surface area (Å²) >= 11 is 0. The van der Waals surface area contributed by atoms with Crippen molar-refractivity contribution in [3.63, 3.8) is 0 Å². The van der Waals surface area contributed by atoms with E-state index in [0.29, 0.717) is 41.0 Å². The van der Waals surface area contributed by atoms with Gasteiger partial charge in [0.1, 0.15) is 30.3 Å². The van der Waals surface area contributed by atoms with Gasteiger partial charge in [-0.15, -0.1) is 0 Å². The van der Waals surface area contributed by atoms with Crippen LogP contribution in [0.1, 0.15) is 37.3 Å². The van der Waals surface area contributed by atoms with Crippen LogP contribution in [0.5, 0.6) is 23.0 Å². The van der Waals surface area contributed by atoms with E-state index in [2.05, 4.69) is 31.3 Å². The number of carbonyl (C=O) groups excluding carboxylic acids is 3. The minimum Gasteiger partial charge on any atom is -0.497 e. The molecule has 40 heavy (non-hydrogen) atoms. The number of nitrogens with zero attached hydrogens (tertiary/aromatic N) is 1. The number of urea groups is 1. The molecule has 9 heteroatoms. The number of carbonyl (C=O) groups is 3. The van der Waals surface area contributed by atoms with Crippen LogP contribution in [0.3, 0.4) is 0 Å². The van der Waals surface area contributed by atoms with E-state index >= 15 is 0 Å². The van der Waals surface area contributed by atoms with Gasteiger partial charge in [0.25, 0.3) is 11.8 Å². The average Bonchev–Trinajstić information content (AvgIpc) is 2.98. The SMILES string of the molecule is CCC(C)c1ccc(OCCOc2ccc(/C=C3/C(=O)NC(=O)N(c4ccc(OC)cc4)C3=O)cc2OC)cc1. The Labute approximate surface area is 233 Å². The van der Waals surface area contributed by atoms with Crippen LogP contribution in [0.2, 0.25) is 0 Å². The molecule has 3 aromatic rings. The lowest BCUT2D eigenvalue weighted by atomic mass is 9.99. The van der Waals surface area contributed by atoms with Crippen molar-refractivity contribution in [1.29, 1.82) is 0 Å². The molecule has 208 valence electrons. The summed E-state index contributed by atoms with van der Waals surface area (Å²) in [4.78, 5) is 39.1. The number of imide groups is 2. The van der Waals surface area contributed by atoms with E-state index in [1.54, 1.807) is 42.5 Å². The van der Waals surface area contributed by atoms with E-state index in [9.17, 15) is 14.4 Å². The molecule has 1 saturated heterocycles. The molecule has 0 saturated carbocycles. The Morgan fingerprint density at radius 2 is 1.50 bits per heavy atom. The smallest absolute Gasteiger partial charge is 0.335 e. The summed E-state index contributed by atoms with van der Waals surface area (Å²) in [6.45, 7) is 4.97. The Morgan fingerprint density at radius 3 is 2.15 bits per heavy atom. The van der Waals surface area contributed by atoms with E-state index in [1.807, 2.05) is 12.1 Å². The summed E-state index contributed by atoms with van der Waals surface area (Å²) in [5, 5.41) is 2.21. The fraction of sp³-hybridized carbons (Fsp3) is 0.258. The van der Waals surface area contributed by atoms with E-state index < -0.39 is 17.8 Å². The van der Waals surface area contributed by atoms with Crippen molar-refractivity contribution in [3.05, 3.63) is 83.4 Å². The molecule has 0 bridgehead atoms. The number of hydrogen-bond acceptors (Lipinski definition) is 7. The molecule has 1 unspecified atom stereocenters. The molecular formula is C31H32N2O7. The fourth-order valence-electron chi connectivity index (χ4n) is 4.12. The lowest BCUT2D eigenvalue weighted by Crippen LogP contribution is -2.54. The number of methoxy groups -OCH3 is 2. The van der Waals surface area contributed by atoms with E-state index in [0.717, 1.165) is 17.1 Å². The molecule has 1 heterocycles. The standard InChI is InChI=1S/C31H32N2O7/c1-5-20(2)22-7-11-25(12-8-22)39-16-17-40-27-15-6-21(19-28(27)38-4)18-26-29(34)32-31(36)33(30(26)35)23-9-13-24(37-3)14-10-23/h6-15,18-20H,5,16-17H2,1-4H3,(H,32,34,36)/b26-18-. The molecule has 9 nitrogen and oxygen atoms in total. The van der Waals surface area contributed by atoms with Crippen LogP contribution in [0, 0.1) is 0 Å². The molecule has 4 rings (SSSR count). The Kier molecular flexibility index (Phi) is 9.06. The monoisotopic (exact) mass is 544 g/mol. The lowest BCUT2D eigenvalue weighted by molar-refractivity contribution is -0.122. The van der Waals surface area contributed by atoms with Gasteiger partial charge in [-0.3, -0.25) is 14.9 Å². The molecule has 0 radical (unpaired) electrons. The third-order valence-corrected chi connectivity index (χ3v) is 6.60. The first-order chi connectivity index (χ1) is 19.3. The summed E-state index contributed by atoms with van der Waals surface area (Å²) < 4.78 is 22.2. The summed E-state index contributed by atoms with van der Waals surface area (Å²) in [7, 11) is 3.01. The normalized spacial score (nSPS) is 15.1. The van der Waals surface area contributed by atoms with Crippen LogP contribution in [-0.2, 0) is 9.59 Å². The number of ether oxygens (including phenoxy) is 4. The maximum Gasteiger partial charge on any atom is 0.335 e. The van der Waals surface area contributed by atoms with Gasteiger partial charge in [0, 0.05) is 0 Å². The van der Waals surface area contributed by atoms with E-state index in [-0.39, 0.29) is 12.2 Å². The minimum atomic E-state index is -0.827. The molecule has 1 aliphatic heterocycles. The summed E-state index contributed by atoms with van der Waals surface area (Å²) in [6.07, 6.45) is 2.48. The number of rotatable bonds is 11. The highest BCUT2D eigenvalue weighted by atomic mass is 16.5. The van der Waals surface area contributed by atoms with Gasteiger partial charge >= 0.3 is 6.03 Å². The van der Waals surface area contributed by atoms with Gasteiger partial charge in [0.05, 0.1) is 19.9 Å². The molecule has 1 N–H and O–H groups in total. The van der Waals surface area contributed by atoms with Crippen LogP contribution in [0.15, 0.2) is 72.3 Å². The molecule has 1 fully saturated rings. The number of amides is 4. The second-order valence-corrected chi connectivity index (χ2v) is 9.14. The predicted octanol–water partition coefficient (Wildman–Crippen LogP) is 5.34. The van der Waals surface area contributed by atoms with Crippen molar-refractivity contribution in [2.75, 3.05) is 32.3 Å². The van der Waals surface area contributed by atoms with Gasteiger partial charge in [0.15, 0.2) is 11.5 Å². The van der Waals surface area contributed by atoms with Crippen LogP contribution in [0.4, 0.5) is 10.5 Å². The zero-order chi connectivity index (χ0) is 28.6. The third kappa shape index (κ3) is 6.43. The van der Waals surface area contributed by atoms with Crippen LogP contribution in [-0.4, -0.2) is 45.3 Å². The highest BCUT2D eigenvalue weighted by molar-refractivity contribution is 6.39. The van der Waals surface area contributed by atoms with Crippen molar-refractivity contribution in [2.45, 2.75) is 26.2 Å². The number of anilines is 1. The van der Waals surface area contributed by atoms with Gasteiger partial charge in [0.2, 0.25) is 0 Å². The number of nitrogens with one attached hydrogen (secondary N) is 1. The summed E-state index contributed by atoms with van der Waals surface area (Å²) in [5.41, 5.74) is 1.90. The Morgan fingerprint density at radius 1 is 0.825 bits per heavy atom. The quantitative estimate of drug-likeness (QED) is 0.197. The zero-order valence-corrected chi connectivity index (χ0v) is 22.9. The summed E-state index contributed by atoms with van der Waals surface area (Å²) in [6, 6.07) is 18.6. The average molecular weight is 545 g/mol. The first-order valence-electron chi connectivity index (χ1n) is 12.9. The number of barbiturate groups is 1. The number of benzene rings is 3. The van der Waals surface area contributed by atoms with Crippen molar-refractivity contribution >= 4 is 29.6 Å². The van der Waals surface area contributed by atoms with Gasteiger partial charge < -0.3 is 18.9 Å². The Bertz CT molecular complexity index is 1400. The Balaban J connectivity index is 1.42. The van der Waals surface area contributed by atoms with Crippen LogP contribution >= 0.6 is 0 Å². The lowest BCUT2D eigenvalue weighted by Gasteiger charge is -2.26. The zero-order valence-electron chi connectivity index (χ0n) is 22.9. The molecule has 1 atom stereocenters. The first-order valence-corrected chi connectivity index (χ1v) is 12.9. The maximum absolute atomic E-state index is 13.2.